The molecule has 2 aromatic rings. The quantitative estimate of drug-likeness (QED) is 0.0486. The molecule has 99 heavy (non-hydrogen) atoms. The molecule has 2 aliphatic carbocycles. The van der Waals surface area contributed by atoms with Crippen LogP contribution in [0, 0.1) is 17.3 Å². The summed E-state index contributed by atoms with van der Waals surface area (Å²) in [7, 11) is -2.96. The summed E-state index contributed by atoms with van der Waals surface area (Å²) < 4.78 is 40.4. The molecule has 2 saturated carbocycles. The Bertz CT molecular complexity index is 1870. The van der Waals surface area contributed by atoms with E-state index >= 15 is 0 Å². The average molecular weight is 1420 g/mol. The summed E-state index contributed by atoms with van der Waals surface area (Å²) in [5.41, 5.74) is 3.05. The van der Waals surface area contributed by atoms with Crippen molar-refractivity contribution in [1.29, 1.82) is 0 Å². The van der Waals surface area contributed by atoms with E-state index in [4.69, 9.17) is 27.1 Å². The Labute approximate surface area is 620 Å². The standard InChI is InChI=1S/C91H166O6P2/c1-7-11-15-19-23-27-31-35-39-43-47-51-55-59-63-83-65-73-87(74-66-83)95-99(96-88-75-67-84(68-76-88)64-60-56-52-48-44-40-36-32-28-24-20-16-12-8-2)97-90-79-71-86(72-80-90)91(5,6)85-69-77-89(78-70-85)94-98(92-81-61-57-53-49-45-41-37-33-29-25-21-17-13-9-3)93-82-62-58-54-50-46-42-38-34-30-26-22-18-14-10-4/h65-68,73-76,85-86,89-90H,7-64,69-72,77-82H2,1-6H3. The van der Waals surface area contributed by atoms with Gasteiger partial charge in [-0.3, -0.25) is 4.52 Å². The van der Waals surface area contributed by atoms with Gasteiger partial charge in [-0.25, -0.2) is 0 Å². The van der Waals surface area contributed by atoms with Crippen molar-refractivity contribution < 1.29 is 27.1 Å². The molecule has 0 bridgehead atoms. The van der Waals surface area contributed by atoms with E-state index in [-0.39, 0.29) is 17.6 Å². The van der Waals surface area contributed by atoms with Crippen LogP contribution in [0.3, 0.4) is 0 Å². The van der Waals surface area contributed by atoms with E-state index in [9.17, 15) is 0 Å². The molecule has 0 radical (unpaired) electrons. The molecule has 0 spiro atoms. The van der Waals surface area contributed by atoms with E-state index < -0.39 is 17.2 Å². The predicted octanol–water partition coefficient (Wildman–Crippen LogP) is 32.8. The first-order valence-electron chi connectivity index (χ1n) is 44.6. The average Bonchev–Trinajstić information content (AvgIpc) is 0.854. The highest BCUT2D eigenvalue weighted by Crippen LogP contribution is 2.53. The molecule has 0 aliphatic heterocycles. The molecule has 4 rings (SSSR count). The Balaban J connectivity index is 1.22. The topological polar surface area (TPSA) is 55.4 Å². The molecule has 0 aromatic heterocycles. The van der Waals surface area contributed by atoms with Gasteiger partial charge in [-0.2, -0.15) is 0 Å². The number of benzene rings is 2. The maximum absolute atomic E-state index is 6.98. The van der Waals surface area contributed by atoms with Crippen molar-refractivity contribution in [3.8, 4) is 11.5 Å². The van der Waals surface area contributed by atoms with Gasteiger partial charge in [0.2, 0.25) is 0 Å². The van der Waals surface area contributed by atoms with Crippen LogP contribution in [0.15, 0.2) is 48.5 Å². The van der Waals surface area contributed by atoms with Crippen LogP contribution in [0.2, 0.25) is 0 Å². The van der Waals surface area contributed by atoms with E-state index in [1.807, 2.05) is 0 Å². The molecule has 2 fully saturated rings. The van der Waals surface area contributed by atoms with Gasteiger partial charge >= 0.3 is 17.2 Å². The van der Waals surface area contributed by atoms with Crippen LogP contribution in [-0.4, -0.2) is 25.4 Å². The van der Waals surface area contributed by atoms with Gasteiger partial charge in [0.05, 0.1) is 25.4 Å². The SMILES string of the molecule is CCCCCCCCCCCCCCCCOP(OCCCCCCCCCCCCCCCC)OC1CCC(C(C)(C)C2CCC(OP(Oc3ccc(CCCCCCCCCCCCCCCC)cc3)Oc3ccc(CCCCCCCCCCCCCCCC)cc3)CC2)CC1. The molecule has 0 amide bonds. The summed E-state index contributed by atoms with van der Waals surface area (Å²) in [4.78, 5) is 0. The number of hydrogen-bond acceptors (Lipinski definition) is 6. The van der Waals surface area contributed by atoms with Crippen LogP contribution in [0.5, 0.6) is 11.5 Å². The highest BCUT2D eigenvalue weighted by Gasteiger charge is 2.42. The lowest BCUT2D eigenvalue weighted by Gasteiger charge is -2.46. The summed E-state index contributed by atoms with van der Waals surface area (Å²) in [5, 5.41) is 0. The molecular weight excluding hydrogens is 1250 g/mol. The van der Waals surface area contributed by atoms with Crippen molar-refractivity contribution in [2.24, 2.45) is 17.3 Å². The Morgan fingerprint density at radius 1 is 0.263 bits per heavy atom. The van der Waals surface area contributed by atoms with Crippen molar-refractivity contribution in [3.05, 3.63) is 59.7 Å². The zero-order chi connectivity index (χ0) is 70.3. The van der Waals surface area contributed by atoms with Crippen molar-refractivity contribution in [2.75, 3.05) is 13.2 Å². The fourth-order valence-corrected chi connectivity index (χ4v) is 18.5. The van der Waals surface area contributed by atoms with Crippen molar-refractivity contribution in [3.63, 3.8) is 0 Å². The molecule has 6 nitrogen and oxygen atoms in total. The van der Waals surface area contributed by atoms with Gasteiger partial charge in [0.1, 0.15) is 11.5 Å². The second-order valence-electron chi connectivity index (χ2n) is 32.4. The molecule has 0 heterocycles. The number of hydrogen-bond donors (Lipinski definition) is 0. The van der Waals surface area contributed by atoms with Crippen LogP contribution >= 0.6 is 17.2 Å². The molecule has 2 aromatic carbocycles. The lowest BCUT2D eigenvalue weighted by atomic mass is 9.60. The first-order valence-corrected chi connectivity index (χ1v) is 46.8. The van der Waals surface area contributed by atoms with Crippen LogP contribution in [0.25, 0.3) is 0 Å². The monoisotopic (exact) mass is 1420 g/mol. The summed E-state index contributed by atoms with van der Waals surface area (Å²) in [6, 6.07) is 17.7. The molecule has 2 aliphatic rings. The zero-order valence-corrected chi connectivity index (χ0v) is 68.6. The zero-order valence-electron chi connectivity index (χ0n) is 66.9. The van der Waals surface area contributed by atoms with E-state index in [1.165, 1.54) is 384 Å². The molecular formula is C91H166O6P2. The summed E-state index contributed by atoms with van der Waals surface area (Å²) >= 11 is 0. The van der Waals surface area contributed by atoms with Crippen molar-refractivity contribution >= 4 is 17.2 Å². The van der Waals surface area contributed by atoms with Gasteiger partial charge in [-0.15, -0.1) is 0 Å². The fourth-order valence-electron chi connectivity index (χ4n) is 16.1. The molecule has 0 unspecified atom stereocenters. The minimum absolute atomic E-state index is 0.125. The van der Waals surface area contributed by atoms with Gasteiger partial charge in [0.25, 0.3) is 0 Å². The Morgan fingerprint density at radius 2 is 0.475 bits per heavy atom. The van der Waals surface area contributed by atoms with E-state index in [1.54, 1.807) is 0 Å². The molecule has 0 N–H and O–H groups in total. The largest absolute Gasteiger partial charge is 0.463 e. The van der Waals surface area contributed by atoms with Crippen LogP contribution in [0.4, 0.5) is 0 Å². The highest BCUT2D eigenvalue weighted by molar-refractivity contribution is 7.42. The van der Waals surface area contributed by atoms with E-state index in [2.05, 4.69) is 90.1 Å². The van der Waals surface area contributed by atoms with Crippen molar-refractivity contribution in [1.82, 2.24) is 0 Å². The lowest BCUT2D eigenvalue weighted by Crippen LogP contribution is -2.38. The van der Waals surface area contributed by atoms with Crippen molar-refractivity contribution in [2.45, 2.75) is 478 Å². The van der Waals surface area contributed by atoms with Gasteiger partial charge in [0, 0.05) is 0 Å². The highest BCUT2D eigenvalue weighted by atomic mass is 31.2. The number of rotatable bonds is 72. The third kappa shape index (κ3) is 49.3. The Hall–Kier alpha value is -1.26. The van der Waals surface area contributed by atoms with Gasteiger partial charge in [-0.1, -0.05) is 400 Å². The maximum atomic E-state index is 6.98. The molecule has 8 heteroatoms. The molecule has 0 atom stereocenters. The predicted molar refractivity (Wildman–Crippen MR) is 436 cm³/mol. The first kappa shape index (κ1) is 90.1. The third-order valence-electron chi connectivity index (χ3n) is 23.2. The Morgan fingerprint density at radius 3 is 0.717 bits per heavy atom. The first-order chi connectivity index (χ1) is 48.8. The Kier molecular flexibility index (Phi) is 59.2. The summed E-state index contributed by atoms with van der Waals surface area (Å²) in [6.07, 6.45) is 89.2. The van der Waals surface area contributed by atoms with E-state index in [0.29, 0.717) is 11.8 Å². The minimum atomic E-state index is -1.64. The third-order valence-corrected chi connectivity index (χ3v) is 25.6. The second-order valence-corrected chi connectivity index (χ2v) is 34.6. The smallest absolute Gasteiger partial charge is 0.418 e. The molecule has 576 valence electrons. The molecule has 0 saturated heterocycles. The van der Waals surface area contributed by atoms with Crippen LogP contribution in [0.1, 0.15) is 464 Å². The van der Waals surface area contributed by atoms with Gasteiger partial charge in [-0.05, 0) is 143 Å². The normalized spacial score (nSPS) is 16.8. The number of unbranched alkanes of at least 4 members (excludes halogenated alkanes) is 52. The van der Waals surface area contributed by atoms with E-state index in [0.717, 1.165) is 76.1 Å². The second kappa shape index (κ2) is 65.1. The number of aryl methyl sites for hydroxylation is 2. The van der Waals surface area contributed by atoms with Crippen LogP contribution < -0.4 is 9.05 Å². The minimum Gasteiger partial charge on any atom is -0.418 e. The van der Waals surface area contributed by atoms with Gasteiger partial charge in [0.15, 0.2) is 0 Å². The fraction of sp³-hybridized carbons (Fsp3) is 0.868. The summed E-state index contributed by atoms with van der Waals surface area (Å²) in [6.45, 7) is 15.9. The van der Waals surface area contributed by atoms with Crippen LogP contribution in [-0.2, 0) is 30.9 Å². The van der Waals surface area contributed by atoms with Gasteiger partial charge < -0.3 is 22.6 Å². The maximum Gasteiger partial charge on any atom is 0.463 e. The summed E-state index contributed by atoms with van der Waals surface area (Å²) in [5.74, 6) is 3.05. The lowest BCUT2D eigenvalue weighted by molar-refractivity contribution is 0.00530.